The predicted octanol–water partition coefficient (Wildman–Crippen LogP) is 1.21. The Hall–Kier alpha value is -1.40. The maximum Gasteiger partial charge on any atom is 0.254 e. The molecule has 0 unspecified atom stereocenters. The number of benzene rings is 1. The third kappa shape index (κ3) is 3.54. The van der Waals surface area contributed by atoms with Gasteiger partial charge < -0.3 is 4.90 Å². The summed E-state index contributed by atoms with van der Waals surface area (Å²) >= 11 is 0. The highest BCUT2D eigenvalue weighted by Gasteiger charge is 2.20. The Morgan fingerprint density at radius 1 is 1.33 bits per heavy atom. The van der Waals surface area contributed by atoms with Crippen molar-refractivity contribution in [3.63, 3.8) is 0 Å². The molecule has 0 radical (unpaired) electrons. The van der Waals surface area contributed by atoms with Gasteiger partial charge in [0.1, 0.15) is 0 Å². The van der Waals surface area contributed by atoms with Crippen molar-refractivity contribution in [2.24, 2.45) is 5.14 Å². The molecule has 5 nitrogen and oxygen atoms in total. The van der Waals surface area contributed by atoms with Crippen LogP contribution in [0.3, 0.4) is 0 Å². The summed E-state index contributed by atoms with van der Waals surface area (Å²) in [5.41, 5.74) is 0.124. The normalized spacial score (nSPS) is 11.3. The first kappa shape index (κ1) is 14.7. The minimum Gasteiger partial charge on any atom is -0.342 e. The summed E-state index contributed by atoms with van der Waals surface area (Å²) in [7, 11) is -2.23. The predicted molar refractivity (Wildman–Crippen MR) is 69.7 cm³/mol. The summed E-state index contributed by atoms with van der Waals surface area (Å²) in [5, 5.41) is 5.10. The molecule has 0 saturated carbocycles. The molecule has 6 heteroatoms. The maximum atomic E-state index is 12.1. The van der Waals surface area contributed by atoms with Gasteiger partial charge in [0.25, 0.3) is 5.91 Å². The van der Waals surface area contributed by atoms with Crippen LogP contribution in [0.15, 0.2) is 29.2 Å². The van der Waals surface area contributed by atoms with Gasteiger partial charge in [0.2, 0.25) is 10.0 Å². The molecule has 1 aromatic carbocycles. The van der Waals surface area contributed by atoms with Crippen LogP contribution in [0.2, 0.25) is 0 Å². The van der Waals surface area contributed by atoms with Crippen molar-refractivity contribution in [3.05, 3.63) is 29.8 Å². The smallest absolute Gasteiger partial charge is 0.254 e. The van der Waals surface area contributed by atoms with Gasteiger partial charge in [0, 0.05) is 13.6 Å². The first-order valence-corrected chi connectivity index (χ1v) is 7.30. The molecular formula is C12H18N2O3S. The zero-order valence-electron chi connectivity index (χ0n) is 10.6. The van der Waals surface area contributed by atoms with Gasteiger partial charge in [-0.05, 0) is 18.6 Å². The molecule has 1 aromatic rings. The molecule has 0 atom stereocenters. The molecular weight excluding hydrogens is 252 g/mol. The van der Waals surface area contributed by atoms with Gasteiger partial charge >= 0.3 is 0 Å². The highest BCUT2D eigenvalue weighted by Crippen LogP contribution is 2.15. The van der Waals surface area contributed by atoms with Crippen LogP contribution in [0.1, 0.15) is 30.1 Å². The summed E-state index contributed by atoms with van der Waals surface area (Å²) < 4.78 is 22.8. The molecule has 0 aliphatic carbocycles. The summed E-state index contributed by atoms with van der Waals surface area (Å²) in [6, 6.07) is 5.99. The standard InChI is InChI=1S/C12H18N2O3S/c1-3-4-9-14(2)12(15)10-7-5-6-8-11(10)18(13,16)17/h5-8H,3-4,9H2,1-2H3,(H2,13,16,17). The van der Waals surface area contributed by atoms with E-state index in [2.05, 4.69) is 0 Å². The number of primary sulfonamides is 1. The van der Waals surface area contributed by atoms with Crippen LogP contribution >= 0.6 is 0 Å². The Kier molecular flexibility index (Phi) is 4.86. The van der Waals surface area contributed by atoms with Crippen LogP contribution in [0.4, 0.5) is 0 Å². The molecule has 0 fully saturated rings. The zero-order valence-corrected chi connectivity index (χ0v) is 11.4. The van der Waals surface area contributed by atoms with Crippen LogP contribution in [0, 0.1) is 0 Å². The molecule has 0 aliphatic rings. The molecule has 0 saturated heterocycles. The monoisotopic (exact) mass is 270 g/mol. The fourth-order valence-corrected chi connectivity index (χ4v) is 2.32. The van der Waals surface area contributed by atoms with Crippen LogP contribution in [-0.4, -0.2) is 32.8 Å². The van der Waals surface area contributed by atoms with E-state index in [1.54, 1.807) is 19.2 Å². The minimum atomic E-state index is -3.88. The lowest BCUT2D eigenvalue weighted by molar-refractivity contribution is 0.0789. The lowest BCUT2D eigenvalue weighted by Gasteiger charge is -2.18. The van der Waals surface area contributed by atoms with E-state index >= 15 is 0 Å². The molecule has 2 N–H and O–H groups in total. The van der Waals surface area contributed by atoms with Gasteiger partial charge in [-0.25, -0.2) is 13.6 Å². The van der Waals surface area contributed by atoms with Gasteiger partial charge in [-0.1, -0.05) is 25.5 Å². The number of hydrogen-bond acceptors (Lipinski definition) is 3. The van der Waals surface area contributed by atoms with Crippen molar-refractivity contribution in [1.82, 2.24) is 4.90 Å². The lowest BCUT2D eigenvalue weighted by atomic mass is 10.2. The molecule has 0 spiro atoms. The minimum absolute atomic E-state index is 0.124. The second-order valence-electron chi connectivity index (χ2n) is 4.12. The number of rotatable bonds is 5. The number of hydrogen-bond donors (Lipinski definition) is 1. The Morgan fingerprint density at radius 3 is 2.50 bits per heavy atom. The molecule has 0 aliphatic heterocycles. The molecule has 0 aromatic heterocycles. The van der Waals surface area contributed by atoms with E-state index < -0.39 is 10.0 Å². The molecule has 100 valence electrons. The highest BCUT2D eigenvalue weighted by molar-refractivity contribution is 7.89. The van der Waals surface area contributed by atoms with Crippen LogP contribution < -0.4 is 5.14 Å². The number of amides is 1. The van der Waals surface area contributed by atoms with E-state index in [1.165, 1.54) is 17.0 Å². The first-order chi connectivity index (χ1) is 8.38. The second kappa shape index (κ2) is 5.97. The van der Waals surface area contributed by atoms with Gasteiger partial charge in [-0.2, -0.15) is 0 Å². The maximum absolute atomic E-state index is 12.1. The Morgan fingerprint density at radius 2 is 1.94 bits per heavy atom. The van der Waals surface area contributed by atoms with Crippen molar-refractivity contribution < 1.29 is 13.2 Å². The van der Waals surface area contributed by atoms with Crippen molar-refractivity contribution in [2.45, 2.75) is 24.7 Å². The van der Waals surface area contributed by atoms with Crippen LogP contribution in [0.5, 0.6) is 0 Å². The molecule has 1 amide bonds. The number of nitrogens with zero attached hydrogens (tertiary/aromatic N) is 1. The van der Waals surface area contributed by atoms with Gasteiger partial charge in [0.15, 0.2) is 0 Å². The summed E-state index contributed by atoms with van der Waals surface area (Å²) in [6.07, 6.45) is 1.84. The van der Waals surface area contributed by atoms with E-state index in [-0.39, 0.29) is 16.4 Å². The zero-order chi connectivity index (χ0) is 13.8. The van der Waals surface area contributed by atoms with Gasteiger partial charge in [-0.3, -0.25) is 4.79 Å². The first-order valence-electron chi connectivity index (χ1n) is 5.75. The third-order valence-electron chi connectivity index (χ3n) is 2.62. The summed E-state index contributed by atoms with van der Waals surface area (Å²) in [6.45, 7) is 2.62. The van der Waals surface area contributed by atoms with Crippen molar-refractivity contribution >= 4 is 15.9 Å². The van der Waals surface area contributed by atoms with Gasteiger partial charge in [-0.15, -0.1) is 0 Å². The second-order valence-corrected chi connectivity index (χ2v) is 5.65. The highest BCUT2D eigenvalue weighted by atomic mass is 32.2. The largest absolute Gasteiger partial charge is 0.342 e. The van der Waals surface area contributed by atoms with Crippen LogP contribution in [0.25, 0.3) is 0 Å². The van der Waals surface area contributed by atoms with Gasteiger partial charge in [0.05, 0.1) is 10.5 Å². The van der Waals surface area contributed by atoms with E-state index in [9.17, 15) is 13.2 Å². The van der Waals surface area contributed by atoms with E-state index in [4.69, 9.17) is 5.14 Å². The number of nitrogens with two attached hydrogens (primary N) is 1. The Labute approximate surface area is 108 Å². The SMILES string of the molecule is CCCCN(C)C(=O)c1ccccc1S(N)(=O)=O. The average Bonchev–Trinajstić information content (AvgIpc) is 2.34. The van der Waals surface area contributed by atoms with Crippen molar-refractivity contribution in [3.8, 4) is 0 Å². The number of unbranched alkanes of at least 4 members (excludes halogenated alkanes) is 1. The van der Waals surface area contributed by atoms with E-state index in [0.29, 0.717) is 6.54 Å². The number of carbonyl (C=O) groups is 1. The molecule has 18 heavy (non-hydrogen) atoms. The summed E-state index contributed by atoms with van der Waals surface area (Å²) in [5.74, 6) is -0.326. The number of sulfonamides is 1. The number of carbonyl (C=O) groups excluding carboxylic acids is 1. The summed E-state index contributed by atoms with van der Waals surface area (Å²) in [4.78, 5) is 13.5. The molecule has 1 rings (SSSR count). The van der Waals surface area contributed by atoms with Crippen molar-refractivity contribution in [2.75, 3.05) is 13.6 Å². The van der Waals surface area contributed by atoms with E-state index in [1.807, 2.05) is 6.92 Å². The van der Waals surface area contributed by atoms with Crippen molar-refractivity contribution in [1.29, 1.82) is 0 Å². The van der Waals surface area contributed by atoms with E-state index in [0.717, 1.165) is 12.8 Å². The Bertz CT molecular complexity index is 526. The molecule has 0 heterocycles. The third-order valence-corrected chi connectivity index (χ3v) is 3.59. The molecule has 0 bridgehead atoms. The fraction of sp³-hybridized carbons (Fsp3) is 0.417. The fourth-order valence-electron chi connectivity index (χ4n) is 1.59. The lowest BCUT2D eigenvalue weighted by Crippen LogP contribution is -2.29. The van der Waals surface area contributed by atoms with Crippen LogP contribution in [-0.2, 0) is 10.0 Å². The average molecular weight is 270 g/mol. The quantitative estimate of drug-likeness (QED) is 0.873. The Balaban J connectivity index is 3.07. The topological polar surface area (TPSA) is 80.5 Å².